The number of amides is 1. The minimum atomic E-state index is -0.0675. The van der Waals surface area contributed by atoms with E-state index in [9.17, 15) is 4.79 Å². The minimum absolute atomic E-state index is 0. The molecule has 0 atom stereocenters. The number of aliphatic imine (C=N–C) groups is 1. The summed E-state index contributed by atoms with van der Waals surface area (Å²) in [6, 6.07) is 15.9. The van der Waals surface area contributed by atoms with Crippen LogP contribution in [0.2, 0.25) is 5.02 Å². The zero-order valence-electron chi connectivity index (χ0n) is 17.4. The van der Waals surface area contributed by atoms with Crippen LogP contribution in [-0.2, 0) is 11.3 Å². The number of hydrogen-bond acceptors (Lipinski definition) is 4. The van der Waals surface area contributed by atoms with Gasteiger partial charge in [-0.25, -0.2) is 0 Å². The van der Waals surface area contributed by atoms with Crippen molar-refractivity contribution < 1.29 is 9.53 Å². The lowest BCUT2D eigenvalue weighted by molar-refractivity contribution is -0.123. The van der Waals surface area contributed by atoms with Crippen LogP contribution in [0.1, 0.15) is 18.4 Å². The Labute approximate surface area is 210 Å². The number of carbonyl (C=O) groups is 1. The number of hydrogen-bond donors (Lipinski definition) is 3. The first-order valence-electron chi connectivity index (χ1n) is 9.96. The fraction of sp³-hybridized carbons (Fsp3) is 0.364. The van der Waals surface area contributed by atoms with Crippen LogP contribution in [0.4, 0.5) is 0 Å². The van der Waals surface area contributed by atoms with E-state index in [-0.39, 0.29) is 36.5 Å². The molecule has 31 heavy (non-hydrogen) atoms. The molecule has 1 aliphatic carbocycles. The molecule has 2 aromatic carbocycles. The first kappa shape index (κ1) is 25.6. The van der Waals surface area contributed by atoms with Gasteiger partial charge in [-0.05, 0) is 54.8 Å². The molecule has 0 bridgehead atoms. The van der Waals surface area contributed by atoms with E-state index < -0.39 is 0 Å². The van der Waals surface area contributed by atoms with Gasteiger partial charge in [-0.2, -0.15) is 0 Å². The zero-order valence-corrected chi connectivity index (χ0v) is 21.3. The molecule has 3 rings (SSSR count). The average molecular weight is 575 g/mol. The van der Waals surface area contributed by atoms with Crippen LogP contribution in [-0.4, -0.2) is 43.9 Å². The van der Waals surface area contributed by atoms with Crippen LogP contribution < -0.4 is 20.7 Å². The molecule has 0 saturated heterocycles. The molecule has 0 aliphatic heterocycles. The number of carbonyl (C=O) groups excluding carboxylic acids is 1. The lowest BCUT2D eigenvalue weighted by Gasteiger charge is -2.13. The number of nitrogens with one attached hydrogen (secondary N) is 3. The summed E-state index contributed by atoms with van der Waals surface area (Å²) >= 11 is 7.67. The predicted octanol–water partition coefficient (Wildman–Crippen LogP) is 4.07. The second kappa shape index (κ2) is 13.7. The molecule has 1 aliphatic rings. The zero-order chi connectivity index (χ0) is 21.2. The van der Waals surface area contributed by atoms with Gasteiger partial charge in [0.05, 0.1) is 0 Å². The highest BCUT2D eigenvalue weighted by atomic mass is 127. The molecule has 0 aromatic heterocycles. The first-order chi connectivity index (χ1) is 14.6. The Morgan fingerprint density at radius 3 is 2.68 bits per heavy atom. The van der Waals surface area contributed by atoms with Crippen LogP contribution in [0.5, 0.6) is 5.75 Å². The largest absolute Gasteiger partial charge is 0.484 e. The van der Waals surface area contributed by atoms with E-state index in [1.165, 1.54) is 4.90 Å². The molecule has 1 saturated carbocycles. The summed E-state index contributed by atoms with van der Waals surface area (Å²) in [7, 11) is 1.75. The van der Waals surface area contributed by atoms with E-state index >= 15 is 0 Å². The van der Waals surface area contributed by atoms with Gasteiger partial charge in [-0.15, -0.1) is 35.7 Å². The Bertz CT molecular complexity index is 863. The molecule has 2 aromatic rings. The molecule has 9 heteroatoms. The lowest BCUT2D eigenvalue weighted by atomic mass is 10.2. The van der Waals surface area contributed by atoms with Crippen LogP contribution in [0.15, 0.2) is 58.4 Å². The van der Waals surface area contributed by atoms with Crippen LogP contribution in [0.25, 0.3) is 0 Å². The smallest absolute Gasteiger partial charge is 0.258 e. The van der Waals surface area contributed by atoms with Gasteiger partial charge in [-0.1, -0.05) is 23.7 Å². The van der Waals surface area contributed by atoms with E-state index in [1.54, 1.807) is 18.8 Å². The number of benzene rings is 2. The second-order valence-corrected chi connectivity index (χ2v) is 8.54. The van der Waals surface area contributed by atoms with E-state index in [1.807, 2.05) is 48.5 Å². The summed E-state index contributed by atoms with van der Waals surface area (Å²) in [6.45, 7) is 1.43. The van der Waals surface area contributed by atoms with Crippen LogP contribution >= 0.6 is 47.3 Å². The van der Waals surface area contributed by atoms with Gasteiger partial charge < -0.3 is 20.7 Å². The van der Waals surface area contributed by atoms with Crippen molar-refractivity contribution in [2.24, 2.45) is 4.99 Å². The summed E-state index contributed by atoms with van der Waals surface area (Å²) in [4.78, 5) is 17.2. The summed E-state index contributed by atoms with van der Waals surface area (Å²) in [5.74, 6) is 2.26. The molecule has 3 N–H and O–H groups in total. The number of halogens is 2. The lowest BCUT2D eigenvalue weighted by Crippen LogP contribution is -2.37. The fourth-order valence-electron chi connectivity index (χ4n) is 2.67. The van der Waals surface area contributed by atoms with E-state index in [0.29, 0.717) is 18.3 Å². The molecule has 0 spiro atoms. The number of rotatable bonds is 10. The molecule has 1 fully saturated rings. The van der Waals surface area contributed by atoms with Crippen LogP contribution in [0.3, 0.4) is 0 Å². The molecular formula is C22H28ClIN4O2S. The highest BCUT2D eigenvalue weighted by molar-refractivity contribution is 14.0. The Morgan fingerprint density at radius 2 is 1.97 bits per heavy atom. The van der Waals surface area contributed by atoms with E-state index in [0.717, 1.165) is 41.7 Å². The number of ether oxygens (including phenoxy) is 1. The topological polar surface area (TPSA) is 74.8 Å². The number of nitrogens with zero attached hydrogens (tertiary/aromatic N) is 1. The third-order valence-electron chi connectivity index (χ3n) is 4.37. The average Bonchev–Trinajstić information content (AvgIpc) is 3.57. The third-order valence-corrected chi connectivity index (χ3v) is 5.64. The van der Waals surface area contributed by atoms with Crippen molar-refractivity contribution in [2.45, 2.75) is 30.3 Å². The van der Waals surface area contributed by atoms with Crippen molar-refractivity contribution in [2.75, 3.05) is 26.0 Å². The van der Waals surface area contributed by atoms with Gasteiger partial charge in [0.25, 0.3) is 5.91 Å². The predicted molar refractivity (Wildman–Crippen MR) is 139 cm³/mol. The summed E-state index contributed by atoms with van der Waals surface area (Å²) in [5, 5.41) is 10.3. The number of thioether (sulfide) groups is 1. The van der Waals surface area contributed by atoms with Gasteiger partial charge in [0.2, 0.25) is 0 Å². The Hall–Kier alpha value is -1.65. The molecule has 0 radical (unpaired) electrons. The monoisotopic (exact) mass is 574 g/mol. The van der Waals surface area contributed by atoms with Gasteiger partial charge in [0.1, 0.15) is 5.75 Å². The molecule has 168 valence electrons. The van der Waals surface area contributed by atoms with E-state index in [4.69, 9.17) is 16.3 Å². The van der Waals surface area contributed by atoms with Crippen molar-refractivity contribution in [3.63, 3.8) is 0 Å². The minimum Gasteiger partial charge on any atom is -0.484 e. The van der Waals surface area contributed by atoms with Crippen molar-refractivity contribution in [3.05, 3.63) is 59.1 Å². The summed E-state index contributed by atoms with van der Waals surface area (Å²) in [5.41, 5.74) is 1.05. The van der Waals surface area contributed by atoms with Gasteiger partial charge in [-0.3, -0.25) is 9.79 Å². The summed E-state index contributed by atoms with van der Waals surface area (Å²) < 4.78 is 5.60. The van der Waals surface area contributed by atoms with Crippen molar-refractivity contribution >= 4 is 59.2 Å². The molecular weight excluding hydrogens is 547 g/mol. The fourth-order valence-corrected chi connectivity index (χ4v) is 3.56. The van der Waals surface area contributed by atoms with Crippen molar-refractivity contribution in [1.82, 2.24) is 16.0 Å². The van der Waals surface area contributed by atoms with Gasteiger partial charge in [0.15, 0.2) is 12.6 Å². The quantitative estimate of drug-likeness (QED) is 0.131. The van der Waals surface area contributed by atoms with Crippen LogP contribution in [0, 0.1) is 0 Å². The Kier molecular flexibility index (Phi) is 11.3. The first-order valence-corrected chi connectivity index (χ1v) is 11.3. The second-order valence-electron chi connectivity index (χ2n) is 6.93. The number of guanidine groups is 1. The Morgan fingerprint density at radius 1 is 1.19 bits per heavy atom. The maximum Gasteiger partial charge on any atom is 0.258 e. The van der Waals surface area contributed by atoms with Gasteiger partial charge >= 0.3 is 0 Å². The van der Waals surface area contributed by atoms with Gasteiger partial charge in [0, 0.05) is 41.8 Å². The Balaban J connectivity index is 0.00000341. The normalized spacial score (nSPS) is 13.2. The molecule has 1 amide bonds. The highest BCUT2D eigenvalue weighted by Gasteiger charge is 2.23. The summed E-state index contributed by atoms with van der Waals surface area (Å²) in [6.07, 6.45) is 2.14. The maximum atomic E-state index is 11.8. The SMILES string of the molecule is CN=C(NCCSc1ccc(Cl)cc1)NCc1cccc(OCC(=O)NC2CC2)c1.I. The molecule has 0 heterocycles. The van der Waals surface area contributed by atoms with Crippen molar-refractivity contribution in [1.29, 1.82) is 0 Å². The maximum absolute atomic E-state index is 11.8. The third kappa shape index (κ3) is 10.0. The standard InChI is InChI=1S/C22H27ClN4O2S.HI/c1-24-22(25-11-12-30-20-9-5-17(23)6-10-20)26-14-16-3-2-4-19(13-16)29-15-21(28)27-18-7-8-18;/h2-6,9-10,13,18H,7-8,11-12,14-15H2,1H3,(H,27,28)(H2,24,25,26);1H. The highest BCUT2D eigenvalue weighted by Crippen LogP contribution is 2.20. The molecule has 0 unspecified atom stereocenters. The van der Waals surface area contributed by atoms with E-state index in [2.05, 4.69) is 20.9 Å². The van der Waals surface area contributed by atoms with Crippen molar-refractivity contribution in [3.8, 4) is 5.75 Å². The molecule has 6 nitrogen and oxygen atoms in total.